The van der Waals surface area contributed by atoms with Gasteiger partial charge in [0.15, 0.2) is 5.82 Å². The van der Waals surface area contributed by atoms with E-state index in [1.165, 1.54) is 0 Å². The van der Waals surface area contributed by atoms with Gasteiger partial charge in [-0.2, -0.15) is 0 Å². The van der Waals surface area contributed by atoms with Crippen molar-refractivity contribution in [2.45, 2.75) is 0 Å². The Morgan fingerprint density at radius 1 is 0.300 bits per heavy atom. The van der Waals surface area contributed by atoms with Crippen LogP contribution < -0.4 is 0 Å². The summed E-state index contributed by atoms with van der Waals surface area (Å²) in [6.07, 6.45) is 1.87. The Kier molecular flexibility index (Phi) is 7.78. The topological polar surface area (TPSA) is 65.0 Å². The third-order valence-electron chi connectivity index (χ3n) is 11.5. The molecule has 0 fully saturated rings. The molecule has 12 rings (SSSR count). The van der Waals surface area contributed by atoms with Crippen LogP contribution in [-0.2, 0) is 0 Å². The van der Waals surface area contributed by atoms with Crippen LogP contribution in [0.4, 0.5) is 0 Å². The summed E-state index contributed by atoms with van der Waals surface area (Å²) in [4.78, 5) is 15.1. The van der Waals surface area contributed by atoms with Crippen molar-refractivity contribution in [3.05, 3.63) is 200 Å². The predicted octanol–water partition coefficient (Wildman–Crippen LogP) is 14.8. The first-order chi connectivity index (χ1) is 29.7. The van der Waals surface area contributed by atoms with Gasteiger partial charge in [-0.25, -0.2) is 9.97 Å². The molecule has 12 aromatic rings. The van der Waals surface area contributed by atoms with Crippen LogP contribution in [0.25, 0.3) is 122 Å². The SMILES string of the molecule is c1ccc(-c2cc(-c3cc(-c4ccc5oc6ccccc6c5c4)cc(-c4ccc5oc6ccccc6c5c4)c3)nc(-c3ccc(-c4ccnc5ccccc45)cc3)n2)cc1. The molecule has 60 heavy (non-hydrogen) atoms. The van der Waals surface area contributed by atoms with Crippen molar-refractivity contribution >= 4 is 54.8 Å². The maximum atomic E-state index is 6.23. The van der Waals surface area contributed by atoms with Gasteiger partial charge in [-0.1, -0.05) is 121 Å². The molecule has 0 radical (unpaired) electrons. The molecule has 280 valence electrons. The Balaban J connectivity index is 1.04. The number of hydrogen-bond donors (Lipinski definition) is 0. The van der Waals surface area contributed by atoms with E-state index >= 15 is 0 Å². The fraction of sp³-hybridized carbons (Fsp3) is 0. The number of para-hydroxylation sites is 3. The van der Waals surface area contributed by atoms with E-state index in [-0.39, 0.29) is 0 Å². The van der Waals surface area contributed by atoms with Crippen LogP contribution in [-0.4, -0.2) is 15.0 Å². The first-order valence-electron chi connectivity index (χ1n) is 20.1. The second kappa shape index (κ2) is 13.8. The predicted molar refractivity (Wildman–Crippen MR) is 245 cm³/mol. The standard InChI is InChI=1S/C55H33N3O2/c1-2-10-35(11-3-1)49-33-50(58-55(57-49)36-20-18-34(19-21-36)42-26-27-56-48-15-7-4-12-43(42)48)41-29-39(37-22-24-53-46(31-37)44-13-5-8-16-51(44)59-53)28-40(30-41)38-23-25-54-47(32-38)45-14-6-9-17-52(45)60-54/h1-33H. The summed E-state index contributed by atoms with van der Waals surface area (Å²) in [5, 5.41) is 5.48. The molecular formula is C55H33N3O2. The van der Waals surface area contributed by atoms with Gasteiger partial charge in [0, 0.05) is 49.8 Å². The molecule has 0 spiro atoms. The van der Waals surface area contributed by atoms with E-state index in [1.54, 1.807) is 0 Å². The van der Waals surface area contributed by atoms with Crippen molar-refractivity contribution in [1.82, 2.24) is 15.0 Å². The Morgan fingerprint density at radius 3 is 1.45 bits per heavy atom. The minimum atomic E-state index is 0.655. The van der Waals surface area contributed by atoms with Gasteiger partial charge in [0.1, 0.15) is 22.3 Å². The molecule has 5 nitrogen and oxygen atoms in total. The maximum Gasteiger partial charge on any atom is 0.160 e. The minimum Gasteiger partial charge on any atom is -0.456 e. The monoisotopic (exact) mass is 767 g/mol. The number of furan rings is 2. The quantitative estimate of drug-likeness (QED) is 0.169. The van der Waals surface area contributed by atoms with E-state index in [4.69, 9.17) is 18.8 Å². The number of aromatic nitrogens is 3. The van der Waals surface area contributed by atoms with Crippen molar-refractivity contribution in [2.75, 3.05) is 0 Å². The Morgan fingerprint density at radius 2 is 0.800 bits per heavy atom. The van der Waals surface area contributed by atoms with Crippen LogP contribution >= 0.6 is 0 Å². The molecule has 0 saturated heterocycles. The highest BCUT2D eigenvalue weighted by atomic mass is 16.3. The molecule has 0 saturated carbocycles. The number of pyridine rings is 1. The normalized spacial score (nSPS) is 11.7. The van der Waals surface area contributed by atoms with Crippen molar-refractivity contribution in [1.29, 1.82) is 0 Å². The molecule has 0 unspecified atom stereocenters. The van der Waals surface area contributed by atoms with Gasteiger partial charge in [-0.3, -0.25) is 4.98 Å². The number of hydrogen-bond acceptors (Lipinski definition) is 5. The van der Waals surface area contributed by atoms with Crippen LogP contribution in [0, 0.1) is 0 Å². The van der Waals surface area contributed by atoms with Crippen LogP contribution in [0.3, 0.4) is 0 Å². The van der Waals surface area contributed by atoms with E-state index in [9.17, 15) is 0 Å². The lowest BCUT2D eigenvalue weighted by molar-refractivity contribution is 0.668. The molecule has 5 heteroatoms. The third kappa shape index (κ3) is 5.83. The van der Waals surface area contributed by atoms with Crippen LogP contribution in [0.1, 0.15) is 0 Å². The van der Waals surface area contributed by atoms with Crippen molar-refractivity contribution in [3.63, 3.8) is 0 Å². The molecule has 0 atom stereocenters. The van der Waals surface area contributed by atoms with E-state index < -0.39 is 0 Å². The van der Waals surface area contributed by atoms with E-state index in [2.05, 4.69) is 157 Å². The summed E-state index contributed by atoms with van der Waals surface area (Å²) in [6, 6.07) is 67.5. The van der Waals surface area contributed by atoms with Crippen molar-refractivity contribution in [3.8, 4) is 67.3 Å². The van der Waals surface area contributed by atoms with Gasteiger partial charge in [0.25, 0.3) is 0 Å². The second-order valence-corrected chi connectivity index (χ2v) is 15.2. The van der Waals surface area contributed by atoms with Crippen LogP contribution in [0.2, 0.25) is 0 Å². The number of rotatable bonds is 6. The van der Waals surface area contributed by atoms with Gasteiger partial charge >= 0.3 is 0 Å². The van der Waals surface area contributed by atoms with Gasteiger partial charge < -0.3 is 8.83 Å². The van der Waals surface area contributed by atoms with Gasteiger partial charge in [0.05, 0.1) is 16.9 Å². The first-order valence-corrected chi connectivity index (χ1v) is 20.1. The molecule has 4 aromatic heterocycles. The highest BCUT2D eigenvalue weighted by Gasteiger charge is 2.17. The zero-order valence-electron chi connectivity index (χ0n) is 32.2. The molecule has 0 bridgehead atoms. The van der Waals surface area contributed by atoms with E-state index in [1.807, 2.05) is 48.7 Å². The van der Waals surface area contributed by atoms with Gasteiger partial charge in [-0.05, 0) is 106 Å². The molecule has 0 amide bonds. The largest absolute Gasteiger partial charge is 0.456 e. The van der Waals surface area contributed by atoms with Crippen LogP contribution in [0.15, 0.2) is 209 Å². The lowest BCUT2D eigenvalue weighted by Gasteiger charge is -2.14. The second-order valence-electron chi connectivity index (χ2n) is 15.2. The molecule has 8 aromatic carbocycles. The Hall–Kier alpha value is -8.15. The number of fused-ring (bicyclic) bond motifs is 7. The van der Waals surface area contributed by atoms with Crippen LogP contribution in [0.5, 0.6) is 0 Å². The average molecular weight is 768 g/mol. The summed E-state index contributed by atoms with van der Waals surface area (Å²) < 4.78 is 12.5. The van der Waals surface area contributed by atoms with E-state index in [0.717, 1.165) is 116 Å². The minimum absolute atomic E-state index is 0.655. The highest BCUT2D eigenvalue weighted by molar-refractivity contribution is 6.08. The molecule has 0 aliphatic rings. The smallest absolute Gasteiger partial charge is 0.160 e. The molecule has 4 heterocycles. The fourth-order valence-electron chi connectivity index (χ4n) is 8.55. The fourth-order valence-corrected chi connectivity index (χ4v) is 8.55. The third-order valence-corrected chi connectivity index (χ3v) is 11.5. The van der Waals surface area contributed by atoms with E-state index in [0.29, 0.717) is 5.82 Å². The summed E-state index contributed by atoms with van der Waals surface area (Å²) in [5.74, 6) is 0.655. The number of benzene rings is 8. The zero-order chi connectivity index (χ0) is 39.6. The number of nitrogens with zero attached hydrogens (tertiary/aromatic N) is 3. The lowest BCUT2D eigenvalue weighted by atomic mass is 9.93. The summed E-state index contributed by atoms with van der Waals surface area (Å²) in [7, 11) is 0. The molecule has 0 aliphatic carbocycles. The highest BCUT2D eigenvalue weighted by Crippen LogP contribution is 2.39. The van der Waals surface area contributed by atoms with Crippen molar-refractivity contribution in [2.24, 2.45) is 0 Å². The van der Waals surface area contributed by atoms with Gasteiger partial charge in [-0.15, -0.1) is 0 Å². The lowest BCUT2D eigenvalue weighted by Crippen LogP contribution is -1.97. The summed E-state index contributed by atoms with van der Waals surface area (Å²) >= 11 is 0. The van der Waals surface area contributed by atoms with Gasteiger partial charge in [0.2, 0.25) is 0 Å². The first kappa shape index (κ1) is 33.9. The summed E-state index contributed by atoms with van der Waals surface area (Å²) in [5.41, 5.74) is 15.6. The average Bonchev–Trinajstić information content (AvgIpc) is 3.89. The summed E-state index contributed by atoms with van der Waals surface area (Å²) in [6.45, 7) is 0. The molecule has 0 aliphatic heterocycles. The maximum absolute atomic E-state index is 6.23. The molecular weight excluding hydrogens is 735 g/mol. The Bertz CT molecular complexity index is 3470. The Labute approximate surface area is 344 Å². The molecule has 0 N–H and O–H groups in total. The zero-order valence-corrected chi connectivity index (χ0v) is 32.2. The van der Waals surface area contributed by atoms with Crippen molar-refractivity contribution < 1.29 is 8.83 Å².